The van der Waals surface area contributed by atoms with Gasteiger partial charge in [-0.15, -0.1) is 0 Å². The number of ketones is 1. The van der Waals surface area contributed by atoms with E-state index in [1.54, 1.807) is 18.6 Å². The Bertz CT molecular complexity index is 1370. The Kier molecular flexibility index (Phi) is 9.22. The molecule has 6 heteroatoms. The Hall–Kier alpha value is -3.77. The lowest BCUT2D eigenvalue weighted by atomic mass is 10.0. The number of rotatable bonds is 12. The number of imidazole rings is 1. The number of aryl methyl sites for hydroxylation is 1. The highest BCUT2D eigenvalue weighted by molar-refractivity contribution is 7.84. The number of hydrogen-bond donors (Lipinski definition) is 0. The molecule has 0 spiro atoms. The molecule has 1 heterocycles. The molecule has 0 saturated carbocycles. The van der Waals surface area contributed by atoms with Crippen LogP contribution in [-0.2, 0) is 34.3 Å². The fourth-order valence-electron chi connectivity index (χ4n) is 4.07. The summed E-state index contributed by atoms with van der Waals surface area (Å²) in [5.74, 6) is 1.30. The number of ether oxygens (including phenoxy) is 1. The van der Waals surface area contributed by atoms with Crippen molar-refractivity contribution in [2.45, 2.75) is 43.9 Å². The standard InChI is InChI=1S/C31H32N2O3S/c1-3-18-33-23-32-21-28(33)22-37(35)31-16-9-25(10-17-31)20-29(34)13-8-24-6-5-7-27(19-24)26-11-14-30(15-12-26)36-4-2/h5-17,19,21,23H,3-4,18,20,22H2,1-2H3/b13-8+/t37-/m1/s1. The van der Waals surface area contributed by atoms with Crippen molar-refractivity contribution in [2.75, 3.05) is 6.61 Å². The van der Waals surface area contributed by atoms with E-state index in [1.165, 1.54) is 0 Å². The summed E-state index contributed by atoms with van der Waals surface area (Å²) in [4.78, 5) is 17.5. The molecule has 4 aromatic rings. The molecule has 4 rings (SSSR count). The third-order valence-corrected chi connectivity index (χ3v) is 7.31. The second kappa shape index (κ2) is 13.0. The van der Waals surface area contributed by atoms with E-state index < -0.39 is 10.8 Å². The molecule has 0 amide bonds. The lowest BCUT2D eigenvalue weighted by molar-refractivity contribution is -0.113. The maximum Gasteiger partial charge on any atom is 0.160 e. The fourth-order valence-corrected chi connectivity index (χ4v) is 5.18. The van der Waals surface area contributed by atoms with Crippen LogP contribution in [0.4, 0.5) is 0 Å². The van der Waals surface area contributed by atoms with Gasteiger partial charge in [0.25, 0.3) is 0 Å². The van der Waals surface area contributed by atoms with Crippen LogP contribution in [0, 0.1) is 0 Å². The molecule has 1 atom stereocenters. The minimum Gasteiger partial charge on any atom is -0.494 e. The minimum atomic E-state index is -1.16. The van der Waals surface area contributed by atoms with E-state index in [1.807, 2.05) is 78.2 Å². The predicted molar refractivity (Wildman–Crippen MR) is 150 cm³/mol. The monoisotopic (exact) mass is 512 g/mol. The Morgan fingerprint density at radius 2 is 1.78 bits per heavy atom. The summed E-state index contributed by atoms with van der Waals surface area (Å²) in [6.45, 7) is 5.59. The summed E-state index contributed by atoms with van der Waals surface area (Å²) >= 11 is 0. The van der Waals surface area contributed by atoms with Gasteiger partial charge in [0.1, 0.15) is 5.75 Å². The Morgan fingerprint density at radius 1 is 1.00 bits per heavy atom. The van der Waals surface area contributed by atoms with Gasteiger partial charge in [-0.2, -0.15) is 0 Å². The number of carbonyl (C=O) groups excluding carboxylic acids is 1. The van der Waals surface area contributed by atoms with Crippen molar-refractivity contribution in [2.24, 2.45) is 0 Å². The molecular formula is C31H32N2O3S. The molecule has 0 unspecified atom stereocenters. The summed E-state index contributed by atoms with van der Waals surface area (Å²) in [6, 6.07) is 23.6. The summed E-state index contributed by atoms with van der Waals surface area (Å²) in [7, 11) is -1.16. The van der Waals surface area contributed by atoms with E-state index in [0.29, 0.717) is 18.8 Å². The minimum absolute atomic E-state index is 0.0174. The van der Waals surface area contributed by atoms with Crippen molar-refractivity contribution in [1.82, 2.24) is 9.55 Å². The van der Waals surface area contributed by atoms with Crippen molar-refractivity contribution in [1.29, 1.82) is 0 Å². The van der Waals surface area contributed by atoms with Gasteiger partial charge in [0.2, 0.25) is 0 Å². The average Bonchev–Trinajstić information content (AvgIpc) is 3.35. The average molecular weight is 513 g/mol. The lowest BCUT2D eigenvalue weighted by Crippen LogP contribution is -2.05. The highest BCUT2D eigenvalue weighted by Gasteiger charge is 2.10. The summed E-state index contributed by atoms with van der Waals surface area (Å²) in [5, 5.41) is 0. The maximum absolute atomic E-state index is 12.8. The first-order valence-electron chi connectivity index (χ1n) is 12.6. The quantitative estimate of drug-likeness (QED) is 0.204. The molecular weight excluding hydrogens is 480 g/mol. The normalized spacial score (nSPS) is 12.1. The molecule has 0 fully saturated rings. The van der Waals surface area contributed by atoms with E-state index in [9.17, 15) is 9.00 Å². The largest absolute Gasteiger partial charge is 0.494 e. The number of allylic oxidation sites excluding steroid dienone is 1. The molecule has 5 nitrogen and oxygen atoms in total. The molecule has 0 aliphatic carbocycles. The Labute approximate surface area is 221 Å². The third-order valence-electron chi connectivity index (χ3n) is 5.95. The van der Waals surface area contributed by atoms with Crippen LogP contribution >= 0.6 is 0 Å². The number of carbonyl (C=O) groups is 1. The smallest absolute Gasteiger partial charge is 0.160 e. The molecule has 1 aromatic heterocycles. The highest BCUT2D eigenvalue weighted by Crippen LogP contribution is 2.24. The highest BCUT2D eigenvalue weighted by atomic mass is 32.2. The topological polar surface area (TPSA) is 61.2 Å². The van der Waals surface area contributed by atoms with Gasteiger partial charge >= 0.3 is 0 Å². The van der Waals surface area contributed by atoms with Crippen LogP contribution in [0.2, 0.25) is 0 Å². The van der Waals surface area contributed by atoms with Crippen LogP contribution < -0.4 is 4.74 Å². The molecule has 0 aliphatic rings. The Balaban J connectivity index is 1.34. The van der Waals surface area contributed by atoms with Gasteiger partial charge in [0.15, 0.2) is 5.78 Å². The lowest BCUT2D eigenvalue weighted by Gasteiger charge is -2.07. The van der Waals surface area contributed by atoms with E-state index in [4.69, 9.17) is 4.74 Å². The molecule has 190 valence electrons. The van der Waals surface area contributed by atoms with E-state index >= 15 is 0 Å². The van der Waals surface area contributed by atoms with Crippen LogP contribution in [0.1, 0.15) is 37.1 Å². The first kappa shape index (κ1) is 26.3. The SMILES string of the molecule is CCCn1cncc1C[S@@](=O)c1ccc(CC(=O)/C=C/c2cccc(-c3ccc(OCC)cc3)c2)cc1. The van der Waals surface area contributed by atoms with Crippen molar-refractivity contribution in [3.05, 3.63) is 108 Å². The van der Waals surface area contributed by atoms with Crippen LogP contribution in [0.15, 0.2) is 96.3 Å². The zero-order valence-electron chi connectivity index (χ0n) is 21.3. The zero-order valence-corrected chi connectivity index (χ0v) is 22.1. The third kappa shape index (κ3) is 7.37. The van der Waals surface area contributed by atoms with E-state index in [-0.39, 0.29) is 5.78 Å². The van der Waals surface area contributed by atoms with Crippen LogP contribution in [-0.4, -0.2) is 26.2 Å². The molecule has 37 heavy (non-hydrogen) atoms. The van der Waals surface area contributed by atoms with Crippen molar-refractivity contribution >= 4 is 22.7 Å². The van der Waals surface area contributed by atoms with Crippen LogP contribution in [0.5, 0.6) is 5.75 Å². The van der Waals surface area contributed by atoms with Crippen LogP contribution in [0.3, 0.4) is 0 Å². The number of aromatic nitrogens is 2. The van der Waals surface area contributed by atoms with Crippen molar-refractivity contribution in [3.8, 4) is 16.9 Å². The van der Waals surface area contributed by atoms with Crippen molar-refractivity contribution < 1.29 is 13.7 Å². The number of hydrogen-bond acceptors (Lipinski definition) is 4. The number of benzene rings is 3. The van der Waals surface area contributed by atoms with Gasteiger partial charge in [-0.05, 0) is 72.0 Å². The van der Waals surface area contributed by atoms with Gasteiger partial charge in [0.05, 0.1) is 35.2 Å². The van der Waals surface area contributed by atoms with Gasteiger partial charge in [-0.25, -0.2) is 4.98 Å². The van der Waals surface area contributed by atoms with Crippen molar-refractivity contribution in [3.63, 3.8) is 0 Å². The van der Waals surface area contributed by atoms with E-state index in [0.717, 1.165) is 51.6 Å². The molecule has 0 aliphatic heterocycles. The second-order valence-corrected chi connectivity index (χ2v) is 10.2. The maximum atomic E-state index is 12.8. The molecule has 3 aromatic carbocycles. The molecule has 0 saturated heterocycles. The molecule has 0 bridgehead atoms. The predicted octanol–water partition coefficient (Wildman–Crippen LogP) is 6.49. The molecule has 0 N–H and O–H groups in total. The van der Waals surface area contributed by atoms with Crippen LogP contribution in [0.25, 0.3) is 17.2 Å². The number of nitrogens with zero attached hydrogens (tertiary/aromatic N) is 2. The fraction of sp³-hybridized carbons (Fsp3) is 0.226. The van der Waals surface area contributed by atoms with Gasteiger partial charge in [-0.1, -0.05) is 55.5 Å². The van der Waals surface area contributed by atoms with Gasteiger partial charge < -0.3 is 9.30 Å². The summed E-state index contributed by atoms with van der Waals surface area (Å²) < 4.78 is 20.4. The van der Waals surface area contributed by atoms with E-state index in [2.05, 4.69) is 24.0 Å². The van der Waals surface area contributed by atoms with Gasteiger partial charge in [0, 0.05) is 24.1 Å². The Morgan fingerprint density at radius 3 is 2.51 bits per heavy atom. The molecule has 0 radical (unpaired) electrons. The summed E-state index contributed by atoms with van der Waals surface area (Å²) in [6.07, 6.45) is 8.34. The zero-order chi connectivity index (χ0) is 26.0. The summed E-state index contributed by atoms with van der Waals surface area (Å²) in [5.41, 5.74) is 5.01. The first-order chi connectivity index (χ1) is 18.1. The first-order valence-corrected chi connectivity index (χ1v) is 13.9. The van der Waals surface area contributed by atoms with Gasteiger partial charge in [-0.3, -0.25) is 9.00 Å². The second-order valence-electron chi connectivity index (χ2n) is 8.77.